The minimum Gasteiger partial charge on any atom is -0.480 e. The third-order valence-electron chi connectivity index (χ3n) is 2.12. The van der Waals surface area contributed by atoms with Crippen molar-refractivity contribution in [2.45, 2.75) is 38.6 Å². The fourth-order valence-electron chi connectivity index (χ4n) is 1.14. The van der Waals surface area contributed by atoms with Crippen LogP contribution in [-0.2, 0) is 9.59 Å². The van der Waals surface area contributed by atoms with Gasteiger partial charge in [-0.15, -0.1) is 0 Å². The average Bonchev–Trinajstić information content (AvgIpc) is 2.22. The van der Waals surface area contributed by atoms with E-state index in [0.29, 0.717) is 32.2 Å². The monoisotopic (exact) mass is 230 g/mol. The Morgan fingerprint density at radius 2 is 1.94 bits per heavy atom. The Bertz CT molecular complexity index is 276. The van der Waals surface area contributed by atoms with Crippen LogP contribution in [0.4, 0.5) is 0 Å². The number of unbranched alkanes of at least 4 members (excludes halogenated alkanes) is 1. The summed E-state index contributed by atoms with van der Waals surface area (Å²) in [4.78, 5) is 24.9. The van der Waals surface area contributed by atoms with Crippen LogP contribution in [0.1, 0.15) is 32.6 Å². The maximum Gasteiger partial charge on any atom is 0.349 e. The van der Waals surface area contributed by atoms with Gasteiger partial charge in [0.2, 0.25) is 0 Å². The van der Waals surface area contributed by atoms with Gasteiger partial charge < -0.3 is 15.9 Å². The molecule has 0 aromatic rings. The number of carbonyl (C=O) groups is 2. The minimum atomic E-state index is -1.01. The molecule has 0 heterocycles. The number of rotatable bonds is 8. The van der Waals surface area contributed by atoms with Gasteiger partial charge in [-0.05, 0) is 25.7 Å². The molecule has 1 atom stereocenters. The van der Waals surface area contributed by atoms with Gasteiger partial charge in [-0.1, -0.05) is 6.92 Å². The van der Waals surface area contributed by atoms with E-state index < -0.39 is 18.0 Å². The number of hydrogen-bond acceptors (Lipinski definition) is 4. The van der Waals surface area contributed by atoms with Crippen molar-refractivity contribution in [1.82, 2.24) is 0 Å². The molecule has 0 bridgehead atoms. The van der Waals surface area contributed by atoms with E-state index in [0.717, 1.165) is 0 Å². The molecular formula is C10H18N2O4. The number of nitrogens with zero attached hydrogens (tertiary/aromatic N) is 1. The first kappa shape index (κ1) is 14.6. The lowest BCUT2D eigenvalue weighted by Gasteiger charge is -2.04. The Morgan fingerprint density at radius 1 is 1.31 bits per heavy atom. The van der Waals surface area contributed by atoms with Crippen LogP contribution in [0.3, 0.4) is 0 Å². The zero-order valence-electron chi connectivity index (χ0n) is 9.35. The molecule has 0 aromatic carbocycles. The largest absolute Gasteiger partial charge is 0.480 e. The summed E-state index contributed by atoms with van der Waals surface area (Å²) in [6.45, 7) is 2.13. The zero-order chi connectivity index (χ0) is 12.6. The summed E-state index contributed by atoms with van der Waals surface area (Å²) in [5.74, 6) is -2.01. The van der Waals surface area contributed by atoms with Crippen molar-refractivity contribution in [2.24, 2.45) is 10.7 Å². The average molecular weight is 230 g/mol. The maximum atomic E-state index is 10.6. The van der Waals surface area contributed by atoms with E-state index in [1.54, 1.807) is 6.92 Å². The summed E-state index contributed by atoms with van der Waals surface area (Å²) in [7, 11) is 0. The fourth-order valence-corrected chi connectivity index (χ4v) is 1.14. The topological polar surface area (TPSA) is 113 Å². The van der Waals surface area contributed by atoms with Crippen LogP contribution in [-0.4, -0.2) is 40.4 Å². The van der Waals surface area contributed by atoms with Crippen molar-refractivity contribution in [2.75, 3.05) is 6.54 Å². The molecule has 4 N–H and O–H groups in total. The van der Waals surface area contributed by atoms with Crippen molar-refractivity contribution >= 4 is 17.7 Å². The second-order valence-corrected chi connectivity index (χ2v) is 3.43. The normalized spacial score (nSPS) is 13.5. The Hall–Kier alpha value is -1.43. The maximum absolute atomic E-state index is 10.6. The Labute approximate surface area is 94.2 Å². The summed E-state index contributed by atoms with van der Waals surface area (Å²) >= 11 is 0. The first-order valence-corrected chi connectivity index (χ1v) is 5.24. The van der Waals surface area contributed by atoms with Gasteiger partial charge in [-0.25, -0.2) is 4.79 Å². The van der Waals surface area contributed by atoms with Gasteiger partial charge in [0.05, 0.1) is 0 Å². The number of carboxylic acids is 2. The van der Waals surface area contributed by atoms with Gasteiger partial charge in [0, 0.05) is 6.54 Å². The minimum absolute atomic E-state index is 0.155. The third kappa shape index (κ3) is 6.13. The lowest BCUT2D eigenvalue weighted by Crippen LogP contribution is -2.29. The molecule has 0 saturated carbocycles. The third-order valence-corrected chi connectivity index (χ3v) is 2.12. The summed E-state index contributed by atoms with van der Waals surface area (Å²) in [5.41, 5.74) is 5.46. The molecule has 6 heteroatoms. The van der Waals surface area contributed by atoms with Gasteiger partial charge in [-0.2, -0.15) is 0 Å². The van der Waals surface area contributed by atoms with Crippen molar-refractivity contribution in [3.63, 3.8) is 0 Å². The van der Waals surface area contributed by atoms with E-state index in [9.17, 15) is 9.59 Å². The molecule has 0 aromatic heterocycles. The molecule has 0 unspecified atom stereocenters. The SMILES string of the molecule is CCC(=NCCCC[C@H](N)C(=O)O)C(=O)O. The molecule has 6 nitrogen and oxygen atoms in total. The molecule has 0 rings (SSSR count). The van der Waals surface area contributed by atoms with Crippen molar-refractivity contribution in [1.29, 1.82) is 0 Å². The van der Waals surface area contributed by atoms with Gasteiger partial charge >= 0.3 is 11.9 Å². The van der Waals surface area contributed by atoms with E-state index in [1.807, 2.05) is 0 Å². The summed E-state index contributed by atoms with van der Waals surface area (Å²) in [6, 6.07) is -0.839. The van der Waals surface area contributed by atoms with Gasteiger partial charge in [0.15, 0.2) is 0 Å². The van der Waals surface area contributed by atoms with Crippen molar-refractivity contribution < 1.29 is 19.8 Å². The lowest BCUT2D eigenvalue weighted by molar-refractivity contribution is -0.138. The van der Waals surface area contributed by atoms with E-state index in [2.05, 4.69) is 4.99 Å². The first-order valence-electron chi connectivity index (χ1n) is 5.24. The highest BCUT2D eigenvalue weighted by atomic mass is 16.4. The highest BCUT2D eigenvalue weighted by Crippen LogP contribution is 2.00. The Kier molecular flexibility index (Phi) is 7.11. The molecule has 0 radical (unpaired) electrons. The second-order valence-electron chi connectivity index (χ2n) is 3.43. The van der Waals surface area contributed by atoms with Gasteiger partial charge in [0.1, 0.15) is 11.8 Å². The standard InChI is InChI=1S/C10H18N2O4/c1-2-8(10(15)16)12-6-4-3-5-7(11)9(13)14/h7H,2-6,11H2,1H3,(H,13,14)(H,15,16)/t7-/m0/s1. The quantitative estimate of drug-likeness (QED) is 0.415. The van der Waals surface area contributed by atoms with Crippen molar-refractivity contribution in [3.8, 4) is 0 Å². The number of carboxylic acid groups (broad SMARTS) is 2. The Morgan fingerprint density at radius 3 is 2.38 bits per heavy atom. The summed E-state index contributed by atoms with van der Waals surface area (Å²) in [5, 5.41) is 17.2. The van der Waals surface area contributed by atoms with Crippen LogP contribution >= 0.6 is 0 Å². The predicted octanol–water partition coefficient (Wildman–Crippen LogP) is 0.504. The van der Waals surface area contributed by atoms with E-state index >= 15 is 0 Å². The van der Waals surface area contributed by atoms with Crippen molar-refractivity contribution in [3.05, 3.63) is 0 Å². The fraction of sp³-hybridized carbons (Fsp3) is 0.700. The van der Waals surface area contributed by atoms with E-state index in [1.165, 1.54) is 0 Å². The molecule has 0 spiro atoms. The number of hydrogen-bond donors (Lipinski definition) is 3. The van der Waals surface area contributed by atoms with Gasteiger partial charge in [0.25, 0.3) is 0 Å². The summed E-state index contributed by atoms with van der Waals surface area (Å²) < 4.78 is 0. The summed E-state index contributed by atoms with van der Waals surface area (Å²) in [6.07, 6.45) is 2.06. The molecule has 0 aliphatic carbocycles. The zero-order valence-corrected chi connectivity index (χ0v) is 9.35. The number of nitrogens with two attached hydrogens (primary N) is 1. The van der Waals surface area contributed by atoms with E-state index in [-0.39, 0.29) is 5.71 Å². The highest BCUT2D eigenvalue weighted by Gasteiger charge is 2.10. The van der Waals surface area contributed by atoms with Crippen LogP contribution in [0.5, 0.6) is 0 Å². The molecule has 0 aliphatic heterocycles. The highest BCUT2D eigenvalue weighted by molar-refractivity contribution is 6.35. The van der Waals surface area contributed by atoms with E-state index in [4.69, 9.17) is 15.9 Å². The predicted molar refractivity (Wildman–Crippen MR) is 59.7 cm³/mol. The smallest absolute Gasteiger partial charge is 0.349 e. The molecule has 0 amide bonds. The van der Waals surface area contributed by atoms with Crippen LogP contribution in [0.2, 0.25) is 0 Å². The number of aliphatic carboxylic acids is 2. The molecule has 92 valence electrons. The molecule has 0 fully saturated rings. The second kappa shape index (κ2) is 7.81. The molecule has 16 heavy (non-hydrogen) atoms. The first-order chi connectivity index (χ1) is 7.49. The van der Waals surface area contributed by atoms with Crippen LogP contribution < -0.4 is 5.73 Å². The lowest BCUT2D eigenvalue weighted by atomic mass is 10.1. The van der Waals surface area contributed by atoms with Crippen LogP contribution in [0.15, 0.2) is 4.99 Å². The molecule has 0 saturated heterocycles. The molecule has 0 aliphatic rings. The number of aliphatic imine (C=N–C) groups is 1. The Balaban J connectivity index is 3.75. The van der Waals surface area contributed by atoms with Crippen LogP contribution in [0.25, 0.3) is 0 Å². The van der Waals surface area contributed by atoms with Gasteiger partial charge in [-0.3, -0.25) is 9.79 Å². The van der Waals surface area contributed by atoms with Crippen LogP contribution in [0, 0.1) is 0 Å². The molecular weight excluding hydrogens is 212 g/mol.